The molecule has 2 atom stereocenters. The number of fused-ring (bicyclic) bond motifs is 1. The zero-order valence-corrected chi connectivity index (χ0v) is 10.8. The van der Waals surface area contributed by atoms with Crippen LogP contribution in [0.2, 0.25) is 0 Å². The molecule has 2 nitrogen and oxygen atoms in total. The largest absolute Gasteiger partial charge is 0.481 e. The number of carboxylic acids is 1. The highest BCUT2D eigenvalue weighted by Gasteiger charge is 2.28. The molecule has 1 aliphatic rings. The van der Waals surface area contributed by atoms with Crippen LogP contribution in [0, 0.1) is 11.8 Å². The summed E-state index contributed by atoms with van der Waals surface area (Å²) in [5, 5.41) is 9.03. The Bertz CT molecular complexity index is 414. The van der Waals surface area contributed by atoms with E-state index < -0.39 is 5.97 Å². The summed E-state index contributed by atoms with van der Waals surface area (Å²) in [4.78, 5) is 11.0. The van der Waals surface area contributed by atoms with Crippen molar-refractivity contribution in [2.24, 2.45) is 11.8 Å². The van der Waals surface area contributed by atoms with Crippen LogP contribution in [0.1, 0.15) is 24.5 Å². The maximum Gasteiger partial charge on any atom is 0.306 e. The van der Waals surface area contributed by atoms with Crippen molar-refractivity contribution in [3.8, 4) is 0 Å². The van der Waals surface area contributed by atoms with Gasteiger partial charge in [0.25, 0.3) is 0 Å². The Morgan fingerprint density at radius 3 is 3.00 bits per heavy atom. The quantitative estimate of drug-likeness (QED) is 0.904. The third kappa shape index (κ3) is 2.14. The van der Waals surface area contributed by atoms with Crippen LogP contribution in [0.4, 0.5) is 0 Å². The van der Waals surface area contributed by atoms with Crippen LogP contribution >= 0.6 is 15.9 Å². The van der Waals surface area contributed by atoms with Crippen LogP contribution in [0.25, 0.3) is 0 Å². The second-order valence-electron chi connectivity index (χ2n) is 4.51. The first-order valence-corrected chi connectivity index (χ1v) is 6.38. The van der Waals surface area contributed by atoms with Crippen LogP contribution in [-0.2, 0) is 17.6 Å². The van der Waals surface area contributed by atoms with E-state index in [1.54, 1.807) is 0 Å². The summed E-state index contributed by atoms with van der Waals surface area (Å²) in [7, 11) is 0. The van der Waals surface area contributed by atoms with Gasteiger partial charge in [-0.05, 0) is 42.4 Å². The van der Waals surface area contributed by atoms with Crippen molar-refractivity contribution in [2.45, 2.75) is 26.2 Å². The molecule has 1 N–H and O–H groups in total. The van der Waals surface area contributed by atoms with Crippen molar-refractivity contribution in [2.75, 3.05) is 0 Å². The Kier molecular flexibility index (Phi) is 3.33. The molecule has 1 aromatic carbocycles. The van der Waals surface area contributed by atoms with Crippen LogP contribution in [0.5, 0.6) is 0 Å². The third-order valence-electron chi connectivity index (χ3n) is 3.56. The molecular weight excluding hydrogens is 268 g/mol. The minimum atomic E-state index is -0.677. The summed E-state index contributed by atoms with van der Waals surface area (Å²) >= 11 is 3.55. The summed E-state index contributed by atoms with van der Waals surface area (Å²) in [5.74, 6) is -0.644. The Morgan fingerprint density at radius 2 is 2.31 bits per heavy atom. The number of carboxylic acid groups (broad SMARTS) is 1. The standard InChI is InChI=1S/C13H15BrO2/c1-8(13(15)16)9-5-6-11-10(7-9)3-2-4-12(11)14/h2-4,8-9H,5-7H2,1H3,(H,15,16). The second-order valence-corrected chi connectivity index (χ2v) is 5.36. The third-order valence-corrected chi connectivity index (χ3v) is 4.30. The minimum Gasteiger partial charge on any atom is -0.481 e. The van der Waals surface area contributed by atoms with Gasteiger partial charge in [0.2, 0.25) is 0 Å². The van der Waals surface area contributed by atoms with Gasteiger partial charge in [0.1, 0.15) is 0 Å². The van der Waals surface area contributed by atoms with E-state index in [9.17, 15) is 4.79 Å². The Morgan fingerprint density at radius 1 is 1.56 bits per heavy atom. The molecule has 0 amide bonds. The van der Waals surface area contributed by atoms with Gasteiger partial charge in [-0.1, -0.05) is 35.0 Å². The lowest BCUT2D eigenvalue weighted by Gasteiger charge is -2.27. The molecule has 2 rings (SSSR count). The molecule has 0 saturated carbocycles. The maximum absolute atomic E-state index is 11.0. The van der Waals surface area contributed by atoms with E-state index in [-0.39, 0.29) is 11.8 Å². The number of aliphatic carboxylic acids is 1. The molecule has 0 bridgehead atoms. The van der Waals surface area contributed by atoms with Crippen molar-refractivity contribution in [3.05, 3.63) is 33.8 Å². The normalized spacial score (nSPS) is 21.2. The lowest BCUT2D eigenvalue weighted by Crippen LogP contribution is -2.26. The predicted octanol–water partition coefficient (Wildman–Crippen LogP) is 3.27. The SMILES string of the molecule is CC(C(=O)O)C1CCc2c(Br)cccc2C1. The van der Waals surface area contributed by atoms with E-state index in [1.165, 1.54) is 11.1 Å². The van der Waals surface area contributed by atoms with E-state index in [0.29, 0.717) is 0 Å². The molecule has 0 saturated heterocycles. The van der Waals surface area contributed by atoms with E-state index in [2.05, 4.69) is 28.1 Å². The molecule has 0 aliphatic heterocycles. The number of hydrogen-bond acceptors (Lipinski definition) is 1. The fourth-order valence-electron chi connectivity index (χ4n) is 2.42. The molecule has 0 spiro atoms. The van der Waals surface area contributed by atoms with Crippen LogP contribution in [0.3, 0.4) is 0 Å². The Hall–Kier alpha value is -0.830. The fourth-order valence-corrected chi connectivity index (χ4v) is 3.02. The number of rotatable bonds is 2. The van der Waals surface area contributed by atoms with Crippen LogP contribution in [-0.4, -0.2) is 11.1 Å². The van der Waals surface area contributed by atoms with Crippen LogP contribution in [0.15, 0.2) is 22.7 Å². The summed E-state index contributed by atoms with van der Waals surface area (Å²) in [6.45, 7) is 1.82. The summed E-state index contributed by atoms with van der Waals surface area (Å²) in [6.07, 6.45) is 2.85. The average molecular weight is 283 g/mol. The first kappa shape index (κ1) is 11.6. The average Bonchev–Trinajstić information content (AvgIpc) is 2.28. The highest BCUT2D eigenvalue weighted by molar-refractivity contribution is 9.10. The van der Waals surface area contributed by atoms with Crippen molar-refractivity contribution >= 4 is 21.9 Å². The molecule has 0 aromatic heterocycles. The van der Waals surface area contributed by atoms with Gasteiger partial charge < -0.3 is 5.11 Å². The van der Waals surface area contributed by atoms with Crippen LogP contribution < -0.4 is 0 Å². The monoisotopic (exact) mass is 282 g/mol. The van der Waals surface area contributed by atoms with Gasteiger partial charge >= 0.3 is 5.97 Å². The lowest BCUT2D eigenvalue weighted by atomic mass is 9.78. The number of carbonyl (C=O) groups is 1. The zero-order chi connectivity index (χ0) is 11.7. The van der Waals surface area contributed by atoms with E-state index in [4.69, 9.17) is 5.11 Å². The van der Waals surface area contributed by atoms with Gasteiger partial charge in [-0.3, -0.25) is 4.79 Å². The van der Waals surface area contributed by atoms with Gasteiger partial charge in [-0.25, -0.2) is 0 Å². The summed E-state index contributed by atoms with van der Waals surface area (Å²) < 4.78 is 1.16. The maximum atomic E-state index is 11.0. The van der Waals surface area contributed by atoms with E-state index in [1.807, 2.05) is 13.0 Å². The molecule has 0 fully saturated rings. The Balaban J connectivity index is 2.21. The number of hydrogen-bond donors (Lipinski definition) is 1. The molecule has 2 unspecified atom stereocenters. The summed E-state index contributed by atoms with van der Waals surface area (Å²) in [5.41, 5.74) is 2.66. The van der Waals surface area contributed by atoms with Gasteiger partial charge in [-0.2, -0.15) is 0 Å². The molecule has 86 valence electrons. The Labute approximate surface area is 104 Å². The molecule has 0 heterocycles. The topological polar surface area (TPSA) is 37.3 Å². The minimum absolute atomic E-state index is 0.243. The highest BCUT2D eigenvalue weighted by atomic mass is 79.9. The molecule has 3 heteroatoms. The molecule has 0 radical (unpaired) electrons. The van der Waals surface area contributed by atoms with E-state index in [0.717, 1.165) is 23.7 Å². The van der Waals surface area contributed by atoms with Crippen molar-refractivity contribution in [1.29, 1.82) is 0 Å². The first-order valence-electron chi connectivity index (χ1n) is 5.58. The first-order chi connectivity index (χ1) is 7.59. The molecule has 1 aliphatic carbocycles. The second kappa shape index (κ2) is 4.58. The van der Waals surface area contributed by atoms with Crippen molar-refractivity contribution < 1.29 is 9.90 Å². The lowest BCUT2D eigenvalue weighted by molar-refractivity contribution is -0.143. The predicted molar refractivity (Wildman–Crippen MR) is 66.5 cm³/mol. The van der Waals surface area contributed by atoms with Gasteiger partial charge in [0.05, 0.1) is 5.92 Å². The van der Waals surface area contributed by atoms with Gasteiger partial charge in [-0.15, -0.1) is 0 Å². The number of benzene rings is 1. The highest BCUT2D eigenvalue weighted by Crippen LogP contribution is 2.33. The zero-order valence-electron chi connectivity index (χ0n) is 9.24. The van der Waals surface area contributed by atoms with Gasteiger partial charge in [0, 0.05) is 4.47 Å². The van der Waals surface area contributed by atoms with E-state index >= 15 is 0 Å². The number of halogens is 1. The van der Waals surface area contributed by atoms with Crippen molar-refractivity contribution in [1.82, 2.24) is 0 Å². The molecular formula is C13H15BrO2. The van der Waals surface area contributed by atoms with Gasteiger partial charge in [0.15, 0.2) is 0 Å². The molecule has 16 heavy (non-hydrogen) atoms. The molecule has 1 aromatic rings. The fraction of sp³-hybridized carbons (Fsp3) is 0.462. The summed E-state index contributed by atoms with van der Waals surface area (Å²) in [6, 6.07) is 6.19. The van der Waals surface area contributed by atoms with Crippen molar-refractivity contribution in [3.63, 3.8) is 0 Å². The smallest absolute Gasteiger partial charge is 0.306 e.